The molecule has 1 atom stereocenters. The SMILES string of the molecule is Cc1cnc(C(C)N)[nH]1. The average Bonchev–Trinajstić information content (AvgIpc) is 2.14. The zero-order chi connectivity index (χ0) is 6.85. The van der Waals surface area contributed by atoms with Crippen LogP contribution in [0.2, 0.25) is 0 Å². The summed E-state index contributed by atoms with van der Waals surface area (Å²) in [6.45, 7) is 3.86. The second-order valence-electron chi connectivity index (χ2n) is 2.24. The zero-order valence-electron chi connectivity index (χ0n) is 5.68. The topological polar surface area (TPSA) is 54.7 Å². The van der Waals surface area contributed by atoms with E-state index in [1.165, 1.54) is 0 Å². The molecule has 0 radical (unpaired) electrons. The fraction of sp³-hybridized carbons (Fsp3) is 0.500. The Bertz CT molecular complexity index is 190. The van der Waals surface area contributed by atoms with E-state index in [1.807, 2.05) is 13.8 Å². The van der Waals surface area contributed by atoms with Crippen molar-refractivity contribution in [3.05, 3.63) is 17.7 Å². The maximum absolute atomic E-state index is 5.53. The van der Waals surface area contributed by atoms with Crippen LogP contribution in [-0.2, 0) is 0 Å². The molecule has 0 aliphatic carbocycles. The number of hydrogen-bond donors (Lipinski definition) is 2. The number of aryl methyl sites for hydroxylation is 1. The third-order valence-electron chi connectivity index (χ3n) is 1.15. The van der Waals surface area contributed by atoms with Crippen molar-refractivity contribution in [1.29, 1.82) is 0 Å². The number of nitrogens with two attached hydrogens (primary N) is 1. The number of H-pyrrole nitrogens is 1. The Balaban J connectivity index is 2.85. The molecular weight excluding hydrogens is 114 g/mol. The van der Waals surface area contributed by atoms with Crippen molar-refractivity contribution in [2.45, 2.75) is 19.9 Å². The highest BCUT2D eigenvalue weighted by atomic mass is 14.9. The molecule has 0 aliphatic heterocycles. The van der Waals surface area contributed by atoms with E-state index < -0.39 is 0 Å². The fourth-order valence-electron chi connectivity index (χ4n) is 0.664. The first kappa shape index (κ1) is 6.29. The van der Waals surface area contributed by atoms with Crippen LogP contribution in [-0.4, -0.2) is 9.97 Å². The lowest BCUT2D eigenvalue weighted by Gasteiger charge is -1.96. The Morgan fingerprint density at radius 3 is 2.67 bits per heavy atom. The lowest BCUT2D eigenvalue weighted by Crippen LogP contribution is -2.06. The predicted molar refractivity (Wildman–Crippen MR) is 35.9 cm³/mol. The Kier molecular flexibility index (Phi) is 1.53. The summed E-state index contributed by atoms with van der Waals surface area (Å²) >= 11 is 0. The highest BCUT2D eigenvalue weighted by Gasteiger charge is 2.00. The lowest BCUT2D eigenvalue weighted by molar-refractivity contribution is 0.754. The maximum Gasteiger partial charge on any atom is 0.122 e. The molecule has 0 amide bonds. The highest BCUT2D eigenvalue weighted by Crippen LogP contribution is 2.02. The molecule has 0 bridgehead atoms. The minimum Gasteiger partial charge on any atom is -0.345 e. The van der Waals surface area contributed by atoms with Crippen LogP contribution in [0.15, 0.2) is 6.20 Å². The normalized spacial score (nSPS) is 13.7. The summed E-state index contributed by atoms with van der Waals surface area (Å²) in [6.07, 6.45) is 1.78. The number of imidazole rings is 1. The molecule has 0 aliphatic rings. The van der Waals surface area contributed by atoms with Crippen molar-refractivity contribution in [1.82, 2.24) is 9.97 Å². The van der Waals surface area contributed by atoms with Crippen molar-refractivity contribution < 1.29 is 0 Å². The second-order valence-corrected chi connectivity index (χ2v) is 2.24. The minimum atomic E-state index is 0.0127. The summed E-state index contributed by atoms with van der Waals surface area (Å²) in [6, 6.07) is 0.0127. The standard InChI is InChI=1S/C6H11N3/c1-4-3-8-6(9-4)5(2)7/h3,5H,7H2,1-2H3,(H,8,9). The molecule has 3 nitrogen and oxygen atoms in total. The molecule has 0 saturated carbocycles. The highest BCUT2D eigenvalue weighted by molar-refractivity contribution is 5.00. The van der Waals surface area contributed by atoms with Gasteiger partial charge in [-0.15, -0.1) is 0 Å². The monoisotopic (exact) mass is 125 g/mol. The van der Waals surface area contributed by atoms with E-state index in [2.05, 4.69) is 9.97 Å². The largest absolute Gasteiger partial charge is 0.345 e. The first-order chi connectivity index (χ1) is 4.20. The van der Waals surface area contributed by atoms with Crippen molar-refractivity contribution in [3.8, 4) is 0 Å². The van der Waals surface area contributed by atoms with Gasteiger partial charge in [-0.1, -0.05) is 0 Å². The molecule has 9 heavy (non-hydrogen) atoms. The average molecular weight is 125 g/mol. The van der Waals surface area contributed by atoms with Crippen molar-refractivity contribution in [2.24, 2.45) is 5.73 Å². The number of nitrogens with zero attached hydrogens (tertiary/aromatic N) is 1. The van der Waals surface area contributed by atoms with Crippen LogP contribution in [0.25, 0.3) is 0 Å². The van der Waals surface area contributed by atoms with Crippen molar-refractivity contribution >= 4 is 0 Å². The molecule has 0 saturated heterocycles. The van der Waals surface area contributed by atoms with Gasteiger partial charge in [0.2, 0.25) is 0 Å². The molecule has 1 aromatic heterocycles. The van der Waals surface area contributed by atoms with Crippen LogP contribution in [0.1, 0.15) is 24.5 Å². The Labute approximate surface area is 54.3 Å². The molecule has 1 unspecified atom stereocenters. The summed E-state index contributed by atoms with van der Waals surface area (Å²) < 4.78 is 0. The molecule has 0 fully saturated rings. The van der Waals surface area contributed by atoms with Crippen LogP contribution in [0.5, 0.6) is 0 Å². The van der Waals surface area contributed by atoms with E-state index in [0.717, 1.165) is 11.5 Å². The fourth-order valence-corrected chi connectivity index (χ4v) is 0.664. The quantitative estimate of drug-likeness (QED) is 0.581. The van der Waals surface area contributed by atoms with Crippen molar-refractivity contribution in [3.63, 3.8) is 0 Å². The van der Waals surface area contributed by atoms with Crippen LogP contribution in [0, 0.1) is 6.92 Å². The van der Waals surface area contributed by atoms with Gasteiger partial charge in [0.15, 0.2) is 0 Å². The summed E-state index contributed by atoms with van der Waals surface area (Å²) in [5.41, 5.74) is 6.59. The van der Waals surface area contributed by atoms with E-state index >= 15 is 0 Å². The van der Waals surface area contributed by atoms with Gasteiger partial charge in [0.25, 0.3) is 0 Å². The van der Waals surface area contributed by atoms with Crippen LogP contribution in [0.4, 0.5) is 0 Å². The van der Waals surface area contributed by atoms with Gasteiger partial charge in [-0.25, -0.2) is 4.98 Å². The van der Waals surface area contributed by atoms with Gasteiger partial charge in [-0.3, -0.25) is 0 Å². The van der Waals surface area contributed by atoms with E-state index in [4.69, 9.17) is 5.73 Å². The van der Waals surface area contributed by atoms with Gasteiger partial charge in [-0.05, 0) is 13.8 Å². The zero-order valence-corrected chi connectivity index (χ0v) is 5.68. The number of aromatic amines is 1. The smallest absolute Gasteiger partial charge is 0.122 e. The van der Waals surface area contributed by atoms with E-state index in [9.17, 15) is 0 Å². The molecule has 0 aromatic carbocycles. The Hall–Kier alpha value is -0.830. The molecule has 50 valence electrons. The van der Waals surface area contributed by atoms with E-state index in [1.54, 1.807) is 6.20 Å². The third-order valence-corrected chi connectivity index (χ3v) is 1.15. The molecule has 0 spiro atoms. The summed E-state index contributed by atoms with van der Waals surface area (Å²) in [5.74, 6) is 0.854. The number of rotatable bonds is 1. The number of hydrogen-bond acceptors (Lipinski definition) is 2. The van der Waals surface area contributed by atoms with Gasteiger partial charge >= 0.3 is 0 Å². The van der Waals surface area contributed by atoms with Gasteiger partial charge < -0.3 is 10.7 Å². The lowest BCUT2D eigenvalue weighted by atomic mass is 10.3. The summed E-state index contributed by atoms with van der Waals surface area (Å²) in [4.78, 5) is 7.07. The molecule has 1 rings (SSSR count). The maximum atomic E-state index is 5.53. The Morgan fingerprint density at radius 2 is 2.44 bits per heavy atom. The van der Waals surface area contributed by atoms with Gasteiger partial charge in [0, 0.05) is 11.9 Å². The summed E-state index contributed by atoms with van der Waals surface area (Å²) in [7, 11) is 0. The Morgan fingerprint density at radius 1 is 1.78 bits per heavy atom. The first-order valence-corrected chi connectivity index (χ1v) is 2.97. The minimum absolute atomic E-state index is 0.0127. The van der Waals surface area contributed by atoms with Gasteiger partial charge in [0.1, 0.15) is 5.82 Å². The van der Waals surface area contributed by atoms with Crippen molar-refractivity contribution in [2.75, 3.05) is 0 Å². The number of aromatic nitrogens is 2. The van der Waals surface area contributed by atoms with Gasteiger partial charge in [0.05, 0.1) is 6.04 Å². The predicted octanol–water partition coefficient (Wildman–Crippen LogP) is 0.738. The van der Waals surface area contributed by atoms with Crippen LogP contribution in [0.3, 0.4) is 0 Å². The van der Waals surface area contributed by atoms with E-state index in [-0.39, 0.29) is 6.04 Å². The molecular formula is C6H11N3. The second kappa shape index (κ2) is 2.19. The molecule has 1 aromatic rings. The van der Waals surface area contributed by atoms with Crippen LogP contribution >= 0.6 is 0 Å². The molecule has 3 heteroatoms. The molecule has 3 N–H and O–H groups in total. The third kappa shape index (κ3) is 1.29. The molecule has 1 heterocycles. The van der Waals surface area contributed by atoms with Gasteiger partial charge in [-0.2, -0.15) is 0 Å². The first-order valence-electron chi connectivity index (χ1n) is 2.97. The number of nitrogens with one attached hydrogen (secondary N) is 1. The summed E-state index contributed by atoms with van der Waals surface area (Å²) in [5, 5.41) is 0. The van der Waals surface area contributed by atoms with Crippen LogP contribution < -0.4 is 5.73 Å². The van der Waals surface area contributed by atoms with E-state index in [0.29, 0.717) is 0 Å².